The second-order valence-corrected chi connectivity index (χ2v) is 4.53. The van der Waals surface area contributed by atoms with Gasteiger partial charge >= 0.3 is 0 Å². The zero-order valence-corrected chi connectivity index (χ0v) is 10.6. The van der Waals surface area contributed by atoms with E-state index in [1.807, 2.05) is 66.2 Å². The second kappa shape index (κ2) is 4.43. The topological polar surface area (TPSA) is 22.0 Å². The fourth-order valence-corrected chi connectivity index (χ4v) is 2.58. The molecule has 2 radical (unpaired) electrons. The van der Waals surface area contributed by atoms with Gasteiger partial charge in [0.25, 0.3) is 0 Å². The first-order valence-electron chi connectivity index (χ1n) is 6.13. The Labute approximate surface area is 113 Å². The van der Waals surface area contributed by atoms with Crippen LogP contribution in [0.25, 0.3) is 22.2 Å². The van der Waals surface area contributed by atoms with Crippen LogP contribution >= 0.6 is 0 Å². The molecule has 0 bridgehead atoms. The van der Waals surface area contributed by atoms with Crippen LogP contribution in [0.5, 0.6) is 0 Å². The molecule has 0 aliphatic rings. The summed E-state index contributed by atoms with van der Waals surface area (Å²) in [6.07, 6.45) is 0. The van der Waals surface area contributed by atoms with Crippen LogP contribution in [-0.2, 0) is 7.05 Å². The van der Waals surface area contributed by atoms with Gasteiger partial charge in [0.1, 0.15) is 5.68 Å². The van der Waals surface area contributed by atoms with Crippen LogP contribution in [-0.4, -0.2) is 18.1 Å². The SMILES string of the molecule is [B]C(=O)c1c(-c2ccccc2)n(C)c2ccccc12. The maximum Gasteiger partial charge on any atom is 0.175 e. The van der Waals surface area contributed by atoms with Crippen molar-refractivity contribution in [1.82, 2.24) is 4.57 Å². The minimum absolute atomic E-state index is 0.393. The molecule has 2 nitrogen and oxygen atoms in total. The maximum absolute atomic E-state index is 11.8. The molecule has 0 aliphatic carbocycles. The van der Waals surface area contributed by atoms with E-state index in [9.17, 15) is 4.79 Å². The lowest BCUT2D eigenvalue weighted by atomic mass is 9.90. The number of para-hydroxylation sites is 1. The van der Waals surface area contributed by atoms with Crippen molar-refractivity contribution in [2.45, 2.75) is 0 Å². The van der Waals surface area contributed by atoms with Crippen LogP contribution in [0.15, 0.2) is 54.6 Å². The number of fused-ring (bicyclic) bond motifs is 1. The molecular formula is C16H12BNO. The van der Waals surface area contributed by atoms with Crippen LogP contribution in [0, 0.1) is 0 Å². The molecular weight excluding hydrogens is 233 g/mol. The lowest BCUT2D eigenvalue weighted by Crippen LogP contribution is -2.01. The van der Waals surface area contributed by atoms with Gasteiger partial charge in [0.05, 0.1) is 5.69 Å². The predicted octanol–water partition coefficient (Wildman–Crippen LogP) is 3.15. The van der Waals surface area contributed by atoms with Gasteiger partial charge in [-0.2, -0.15) is 0 Å². The molecule has 0 atom stereocenters. The van der Waals surface area contributed by atoms with Crippen LogP contribution < -0.4 is 0 Å². The van der Waals surface area contributed by atoms with E-state index >= 15 is 0 Å². The third-order valence-electron chi connectivity index (χ3n) is 3.40. The van der Waals surface area contributed by atoms with Crippen molar-refractivity contribution in [2.24, 2.45) is 7.05 Å². The Hall–Kier alpha value is -2.29. The van der Waals surface area contributed by atoms with Crippen molar-refractivity contribution < 1.29 is 4.79 Å². The summed E-state index contributed by atoms with van der Waals surface area (Å²) in [5.74, 6) is 0. The molecule has 0 saturated carbocycles. The molecule has 19 heavy (non-hydrogen) atoms. The quantitative estimate of drug-likeness (QED) is 0.635. The van der Waals surface area contributed by atoms with Crippen molar-refractivity contribution >= 4 is 24.4 Å². The standard InChI is InChI=1S/C16H12BNO/c1-18-13-10-6-5-9-12(13)14(16(17)19)15(18)11-7-3-2-4-8-11/h2-10H,1H3. The summed E-state index contributed by atoms with van der Waals surface area (Å²) in [6.45, 7) is 0. The summed E-state index contributed by atoms with van der Waals surface area (Å²) in [6, 6.07) is 17.6. The summed E-state index contributed by atoms with van der Waals surface area (Å²) in [5.41, 5.74) is 3.07. The van der Waals surface area contributed by atoms with E-state index in [1.54, 1.807) is 0 Å². The number of carbonyl (C=O) groups excluding carboxylic acids is 1. The Morgan fingerprint density at radius 3 is 2.32 bits per heavy atom. The third-order valence-corrected chi connectivity index (χ3v) is 3.40. The first kappa shape index (κ1) is 11.8. The van der Waals surface area contributed by atoms with E-state index in [0.29, 0.717) is 5.56 Å². The fourth-order valence-electron chi connectivity index (χ4n) is 2.58. The highest BCUT2D eigenvalue weighted by atomic mass is 16.1. The van der Waals surface area contributed by atoms with Gasteiger partial charge in [-0.3, -0.25) is 0 Å². The number of rotatable bonds is 2. The van der Waals surface area contributed by atoms with E-state index in [-0.39, 0.29) is 0 Å². The third kappa shape index (κ3) is 1.78. The zero-order valence-electron chi connectivity index (χ0n) is 10.6. The summed E-state index contributed by atoms with van der Waals surface area (Å²) >= 11 is 0. The molecule has 90 valence electrons. The van der Waals surface area contributed by atoms with Gasteiger partial charge in [0.2, 0.25) is 0 Å². The Balaban J connectivity index is 2.44. The van der Waals surface area contributed by atoms with Gasteiger partial charge < -0.3 is 9.36 Å². The Kier molecular flexibility index (Phi) is 2.75. The normalized spacial score (nSPS) is 10.8. The average Bonchev–Trinajstić information content (AvgIpc) is 2.74. The number of benzene rings is 2. The molecule has 0 N–H and O–H groups in total. The lowest BCUT2D eigenvalue weighted by molar-refractivity contribution is 0.108. The van der Waals surface area contributed by atoms with Crippen molar-refractivity contribution in [3.05, 3.63) is 60.2 Å². The van der Waals surface area contributed by atoms with Gasteiger partial charge in [-0.1, -0.05) is 48.5 Å². The number of hydrogen-bond donors (Lipinski definition) is 0. The Bertz CT molecular complexity index is 759. The first-order chi connectivity index (χ1) is 9.20. The van der Waals surface area contributed by atoms with Gasteiger partial charge in [0.15, 0.2) is 7.85 Å². The first-order valence-corrected chi connectivity index (χ1v) is 6.13. The number of hydrogen-bond acceptors (Lipinski definition) is 1. The van der Waals surface area contributed by atoms with E-state index in [1.165, 1.54) is 0 Å². The smallest absolute Gasteiger partial charge is 0.175 e. The molecule has 0 unspecified atom stereocenters. The molecule has 3 heteroatoms. The molecule has 1 heterocycles. The van der Waals surface area contributed by atoms with Crippen LogP contribution in [0.1, 0.15) is 10.4 Å². The van der Waals surface area contributed by atoms with Crippen molar-refractivity contribution in [3.8, 4) is 11.3 Å². The predicted molar refractivity (Wildman–Crippen MR) is 78.4 cm³/mol. The van der Waals surface area contributed by atoms with Crippen LogP contribution in [0.2, 0.25) is 0 Å². The Morgan fingerprint density at radius 2 is 1.63 bits per heavy atom. The lowest BCUT2D eigenvalue weighted by Gasteiger charge is -2.06. The van der Waals surface area contributed by atoms with Crippen LogP contribution in [0.4, 0.5) is 0 Å². The Morgan fingerprint density at radius 1 is 1.00 bits per heavy atom. The summed E-state index contributed by atoms with van der Waals surface area (Å²) in [5, 5.41) is 0.899. The monoisotopic (exact) mass is 245 g/mol. The van der Waals surface area contributed by atoms with Gasteiger partial charge in [-0.05, 0) is 11.6 Å². The molecule has 0 fully saturated rings. The van der Waals surface area contributed by atoms with E-state index in [4.69, 9.17) is 7.85 Å². The van der Waals surface area contributed by atoms with E-state index in [0.717, 1.165) is 22.2 Å². The highest BCUT2D eigenvalue weighted by Gasteiger charge is 2.18. The molecule has 0 amide bonds. The van der Waals surface area contributed by atoms with Crippen LogP contribution in [0.3, 0.4) is 0 Å². The molecule has 3 rings (SSSR count). The van der Waals surface area contributed by atoms with E-state index < -0.39 is 5.68 Å². The summed E-state index contributed by atoms with van der Waals surface area (Å²) < 4.78 is 2.02. The fraction of sp³-hybridized carbons (Fsp3) is 0.0625. The zero-order chi connectivity index (χ0) is 13.4. The molecule has 1 aromatic heterocycles. The largest absolute Gasteiger partial charge is 0.343 e. The maximum atomic E-state index is 11.8. The van der Waals surface area contributed by atoms with Gasteiger partial charge in [0, 0.05) is 23.5 Å². The summed E-state index contributed by atoms with van der Waals surface area (Å²) in [7, 11) is 7.53. The molecule has 3 aromatic rings. The average molecular weight is 245 g/mol. The van der Waals surface area contributed by atoms with Gasteiger partial charge in [-0.15, -0.1) is 0 Å². The summed E-state index contributed by atoms with van der Waals surface area (Å²) in [4.78, 5) is 11.8. The number of carbonyl (C=O) groups is 1. The van der Waals surface area contributed by atoms with Crippen molar-refractivity contribution in [1.29, 1.82) is 0 Å². The molecule has 0 spiro atoms. The molecule has 2 aromatic carbocycles. The highest BCUT2D eigenvalue weighted by Crippen LogP contribution is 2.32. The minimum Gasteiger partial charge on any atom is -0.343 e. The van der Waals surface area contributed by atoms with Crippen molar-refractivity contribution in [3.63, 3.8) is 0 Å². The molecule has 0 aliphatic heterocycles. The van der Waals surface area contributed by atoms with Gasteiger partial charge in [-0.25, -0.2) is 0 Å². The second-order valence-electron chi connectivity index (χ2n) is 4.53. The number of aromatic nitrogens is 1. The highest BCUT2D eigenvalue weighted by molar-refractivity contribution is 6.64. The minimum atomic E-state index is -0.393. The van der Waals surface area contributed by atoms with Crippen molar-refractivity contribution in [2.75, 3.05) is 0 Å². The number of nitrogens with zero attached hydrogens (tertiary/aromatic N) is 1. The molecule has 0 saturated heterocycles. The van der Waals surface area contributed by atoms with E-state index in [2.05, 4.69) is 0 Å². The number of aryl methyl sites for hydroxylation is 1.